The number of aryl methyl sites for hydroxylation is 1. The van der Waals surface area contributed by atoms with Gasteiger partial charge < -0.3 is 5.32 Å². The van der Waals surface area contributed by atoms with Gasteiger partial charge in [-0.2, -0.15) is 9.61 Å². The summed E-state index contributed by atoms with van der Waals surface area (Å²) in [6, 6.07) is 13.7. The molecule has 4 aromatic rings. The summed E-state index contributed by atoms with van der Waals surface area (Å²) in [6.07, 6.45) is 0. The third-order valence-corrected chi connectivity index (χ3v) is 6.03. The summed E-state index contributed by atoms with van der Waals surface area (Å²) in [5.74, 6) is 0.152. The molecule has 0 atom stereocenters. The molecule has 1 aromatic carbocycles. The summed E-state index contributed by atoms with van der Waals surface area (Å²) in [5.41, 5.74) is 4.58. The quantitative estimate of drug-likeness (QED) is 0.513. The Bertz CT molecular complexity index is 1100. The second-order valence-electron chi connectivity index (χ2n) is 6.03. The van der Waals surface area contributed by atoms with Crippen LogP contribution in [0, 0.1) is 13.8 Å². The number of carbonyl (C=O) groups excluding carboxylic acids is 1. The third kappa shape index (κ3) is 3.72. The summed E-state index contributed by atoms with van der Waals surface area (Å²) in [4.78, 5) is 13.4. The zero-order valence-electron chi connectivity index (χ0n) is 14.8. The monoisotopic (exact) mass is 395 g/mol. The largest absolute Gasteiger partial charge is 0.325 e. The van der Waals surface area contributed by atoms with Crippen LogP contribution in [-0.4, -0.2) is 31.5 Å². The molecule has 6 nitrogen and oxygen atoms in total. The smallest absolute Gasteiger partial charge is 0.234 e. The Labute approximate surface area is 164 Å². The molecule has 4 rings (SSSR count). The van der Waals surface area contributed by atoms with E-state index in [1.54, 1.807) is 15.9 Å². The lowest BCUT2D eigenvalue weighted by Gasteiger charge is -2.09. The molecular weight excluding hydrogens is 378 g/mol. The van der Waals surface area contributed by atoms with E-state index >= 15 is 0 Å². The summed E-state index contributed by atoms with van der Waals surface area (Å²) in [5, 5.41) is 18.5. The Balaban J connectivity index is 1.49. The molecule has 3 heterocycles. The van der Waals surface area contributed by atoms with E-state index < -0.39 is 0 Å². The van der Waals surface area contributed by atoms with Gasteiger partial charge in [0, 0.05) is 5.69 Å². The lowest BCUT2D eigenvalue weighted by molar-refractivity contribution is -0.113. The van der Waals surface area contributed by atoms with Crippen molar-refractivity contribution in [3.05, 3.63) is 59.0 Å². The maximum Gasteiger partial charge on any atom is 0.234 e. The van der Waals surface area contributed by atoms with Gasteiger partial charge in [-0.1, -0.05) is 30.0 Å². The highest BCUT2D eigenvalue weighted by Gasteiger charge is 2.13. The van der Waals surface area contributed by atoms with Crippen LogP contribution < -0.4 is 5.32 Å². The van der Waals surface area contributed by atoms with E-state index in [-0.39, 0.29) is 11.7 Å². The average molecular weight is 396 g/mol. The van der Waals surface area contributed by atoms with Crippen molar-refractivity contribution in [2.45, 2.75) is 19.0 Å². The maximum absolute atomic E-state index is 12.4. The molecule has 0 spiro atoms. The summed E-state index contributed by atoms with van der Waals surface area (Å²) >= 11 is 2.95. The average Bonchev–Trinajstić information content (AvgIpc) is 3.33. The normalized spacial score (nSPS) is 11.0. The predicted octanol–water partition coefficient (Wildman–Crippen LogP) is 4.20. The predicted molar refractivity (Wildman–Crippen MR) is 109 cm³/mol. The minimum atomic E-state index is -0.0835. The van der Waals surface area contributed by atoms with Crippen LogP contribution in [0.3, 0.4) is 0 Å². The van der Waals surface area contributed by atoms with Gasteiger partial charge >= 0.3 is 0 Å². The standard InChI is InChI=1S/C19H17N5OS2/c1-12-5-3-6-14(13(12)2)20-18(25)11-27-19-22-21-17-9-8-15(23-24(17)19)16-7-4-10-26-16/h3-10H,11H2,1-2H3,(H,20,25). The number of thiophene rings is 1. The molecule has 1 N–H and O–H groups in total. The highest BCUT2D eigenvalue weighted by molar-refractivity contribution is 7.99. The molecule has 1 amide bonds. The van der Waals surface area contributed by atoms with Crippen molar-refractivity contribution in [1.29, 1.82) is 0 Å². The van der Waals surface area contributed by atoms with Gasteiger partial charge in [-0.05, 0) is 54.6 Å². The van der Waals surface area contributed by atoms with Crippen LogP contribution in [0.25, 0.3) is 16.2 Å². The number of thioether (sulfide) groups is 1. The van der Waals surface area contributed by atoms with E-state index in [0.717, 1.165) is 27.4 Å². The Morgan fingerprint density at radius 3 is 2.85 bits per heavy atom. The SMILES string of the molecule is Cc1cccc(NC(=O)CSc2nnc3ccc(-c4cccs4)nn23)c1C. The molecule has 0 saturated heterocycles. The molecular formula is C19H17N5OS2. The van der Waals surface area contributed by atoms with E-state index in [9.17, 15) is 4.79 Å². The Kier molecular flexibility index (Phi) is 4.91. The molecule has 27 heavy (non-hydrogen) atoms. The number of benzene rings is 1. The van der Waals surface area contributed by atoms with Crippen molar-refractivity contribution < 1.29 is 4.79 Å². The van der Waals surface area contributed by atoms with E-state index in [1.165, 1.54) is 11.8 Å². The Morgan fingerprint density at radius 2 is 2.04 bits per heavy atom. The van der Waals surface area contributed by atoms with E-state index in [2.05, 4.69) is 20.6 Å². The third-order valence-electron chi connectivity index (χ3n) is 4.22. The minimum absolute atomic E-state index is 0.0835. The lowest BCUT2D eigenvalue weighted by Crippen LogP contribution is -2.15. The van der Waals surface area contributed by atoms with Crippen LogP contribution in [0.2, 0.25) is 0 Å². The zero-order chi connectivity index (χ0) is 18.8. The fourth-order valence-corrected chi connectivity index (χ4v) is 4.00. The van der Waals surface area contributed by atoms with Crippen LogP contribution in [0.1, 0.15) is 11.1 Å². The minimum Gasteiger partial charge on any atom is -0.325 e. The number of fused-ring (bicyclic) bond motifs is 1. The fraction of sp³-hybridized carbons (Fsp3) is 0.158. The molecule has 8 heteroatoms. The van der Waals surface area contributed by atoms with Gasteiger partial charge in [0.2, 0.25) is 11.1 Å². The van der Waals surface area contributed by atoms with Crippen LogP contribution in [-0.2, 0) is 4.79 Å². The summed E-state index contributed by atoms with van der Waals surface area (Å²) in [7, 11) is 0. The van der Waals surface area contributed by atoms with E-state index in [4.69, 9.17) is 0 Å². The molecule has 3 aromatic heterocycles. The number of carbonyl (C=O) groups is 1. The number of hydrogen-bond donors (Lipinski definition) is 1. The number of hydrogen-bond acceptors (Lipinski definition) is 6. The van der Waals surface area contributed by atoms with Crippen molar-refractivity contribution in [1.82, 2.24) is 19.8 Å². The molecule has 0 aliphatic carbocycles. The molecule has 0 aliphatic heterocycles. The van der Waals surface area contributed by atoms with Crippen molar-refractivity contribution in [2.24, 2.45) is 0 Å². The Hall–Kier alpha value is -2.71. The maximum atomic E-state index is 12.4. The number of nitrogens with zero attached hydrogens (tertiary/aromatic N) is 4. The van der Waals surface area contributed by atoms with Crippen molar-refractivity contribution in [3.8, 4) is 10.6 Å². The van der Waals surface area contributed by atoms with Crippen molar-refractivity contribution in [2.75, 3.05) is 11.1 Å². The van der Waals surface area contributed by atoms with Gasteiger partial charge in [-0.25, -0.2) is 0 Å². The number of aromatic nitrogens is 4. The second-order valence-corrected chi connectivity index (χ2v) is 7.92. The van der Waals surface area contributed by atoms with Gasteiger partial charge in [0.1, 0.15) is 5.69 Å². The van der Waals surface area contributed by atoms with Gasteiger partial charge in [0.05, 0.1) is 10.6 Å². The molecule has 136 valence electrons. The second kappa shape index (κ2) is 7.50. The van der Waals surface area contributed by atoms with Gasteiger partial charge in [0.15, 0.2) is 5.65 Å². The van der Waals surface area contributed by atoms with Gasteiger partial charge in [-0.15, -0.1) is 21.5 Å². The van der Waals surface area contributed by atoms with Crippen LogP contribution in [0.5, 0.6) is 0 Å². The van der Waals surface area contributed by atoms with E-state index in [0.29, 0.717) is 10.8 Å². The highest BCUT2D eigenvalue weighted by atomic mass is 32.2. The van der Waals surface area contributed by atoms with Crippen LogP contribution in [0.4, 0.5) is 5.69 Å². The van der Waals surface area contributed by atoms with Gasteiger partial charge in [-0.3, -0.25) is 4.79 Å². The van der Waals surface area contributed by atoms with Crippen molar-refractivity contribution >= 4 is 40.3 Å². The summed E-state index contributed by atoms with van der Waals surface area (Å²) < 4.78 is 1.69. The first-order valence-electron chi connectivity index (χ1n) is 8.37. The lowest BCUT2D eigenvalue weighted by atomic mass is 10.1. The molecule has 0 fully saturated rings. The van der Waals surface area contributed by atoms with Crippen LogP contribution in [0.15, 0.2) is 53.0 Å². The molecule has 0 bridgehead atoms. The zero-order valence-corrected chi connectivity index (χ0v) is 16.5. The topological polar surface area (TPSA) is 72.2 Å². The first-order chi connectivity index (χ1) is 13.1. The first kappa shape index (κ1) is 17.7. The number of amides is 1. The first-order valence-corrected chi connectivity index (χ1v) is 10.2. The number of anilines is 1. The molecule has 0 radical (unpaired) electrons. The molecule has 0 unspecified atom stereocenters. The highest BCUT2D eigenvalue weighted by Crippen LogP contribution is 2.24. The fourth-order valence-electron chi connectivity index (χ4n) is 2.62. The van der Waals surface area contributed by atoms with Crippen LogP contribution >= 0.6 is 23.1 Å². The number of nitrogens with one attached hydrogen (secondary N) is 1. The summed E-state index contributed by atoms with van der Waals surface area (Å²) in [6.45, 7) is 4.03. The van der Waals surface area contributed by atoms with Gasteiger partial charge in [0.25, 0.3) is 0 Å². The van der Waals surface area contributed by atoms with Crippen molar-refractivity contribution in [3.63, 3.8) is 0 Å². The van der Waals surface area contributed by atoms with E-state index in [1.807, 2.05) is 61.7 Å². The molecule has 0 aliphatic rings. The Morgan fingerprint density at radius 1 is 1.15 bits per heavy atom. The number of rotatable bonds is 5. The molecule has 0 saturated carbocycles.